The van der Waals surface area contributed by atoms with Gasteiger partial charge in [0.1, 0.15) is 11.6 Å². The van der Waals surface area contributed by atoms with E-state index in [0.29, 0.717) is 6.42 Å². The van der Waals surface area contributed by atoms with Crippen molar-refractivity contribution in [1.82, 2.24) is 9.97 Å². The average Bonchev–Trinajstić information content (AvgIpc) is 2.63. The molecule has 0 spiro atoms. The Morgan fingerprint density at radius 1 is 1.04 bits per heavy atom. The molecular formula is C20H19N3O2. The normalized spacial score (nSPS) is 10.3. The van der Waals surface area contributed by atoms with E-state index in [0.717, 1.165) is 34.1 Å². The number of rotatable bonds is 5. The van der Waals surface area contributed by atoms with E-state index >= 15 is 0 Å². The van der Waals surface area contributed by atoms with Crippen LogP contribution in [0.25, 0.3) is 11.3 Å². The lowest BCUT2D eigenvalue weighted by Crippen LogP contribution is -2.14. The van der Waals surface area contributed by atoms with Crippen LogP contribution in [0.2, 0.25) is 0 Å². The van der Waals surface area contributed by atoms with E-state index < -0.39 is 0 Å². The first-order valence-electron chi connectivity index (χ1n) is 7.97. The maximum Gasteiger partial charge on any atom is 0.228 e. The van der Waals surface area contributed by atoms with Gasteiger partial charge in [-0.15, -0.1) is 0 Å². The van der Waals surface area contributed by atoms with Crippen LogP contribution in [0.1, 0.15) is 11.4 Å². The molecule has 0 radical (unpaired) electrons. The van der Waals surface area contributed by atoms with Gasteiger partial charge in [0.2, 0.25) is 5.91 Å². The van der Waals surface area contributed by atoms with Gasteiger partial charge in [0.15, 0.2) is 0 Å². The molecule has 1 heterocycles. The summed E-state index contributed by atoms with van der Waals surface area (Å²) in [7, 11) is 1.62. The summed E-state index contributed by atoms with van der Waals surface area (Å²) in [5, 5.41) is 2.91. The van der Waals surface area contributed by atoms with Gasteiger partial charge in [0.05, 0.1) is 19.2 Å². The highest BCUT2D eigenvalue weighted by Gasteiger charge is 2.06. The van der Waals surface area contributed by atoms with Gasteiger partial charge in [-0.3, -0.25) is 4.79 Å². The van der Waals surface area contributed by atoms with Gasteiger partial charge >= 0.3 is 0 Å². The van der Waals surface area contributed by atoms with Crippen LogP contribution in [0.4, 0.5) is 5.69 Å². The number of anilines is 1. The predicted molar refractivity (Wildman–Crippen MR) is 97.5 cm³/mol. The third kappa shape index (κ3) is 4.41. The highest BCUT2D eigenvalue weighted by molar-refractivity contribution is 5.92. The lowest BCUT2D eigenvalue weighted by atomic mass is 10.1. The van der Waals surface area contributed by atoms with Crippen molar-refractivity contribution in [3.8, 4) is 17.0 Å². The highest BCUT2D eigenvalue weighted by atomic mass is 16.5. The topological polar surface area (TPSA) is 64.1 Å². The molecule has 5 heteroatoms. The second kappa shape index (κ2) is 7.57. The van der Waals surface area contributed by atoms with Crippen molar-refractivity contribution in [3.05, 3.63) is 72.2 Å². The number of amides is 1. The number of nitrogens with one attached hydrogen (secondary N) is 1. The Morgan fingerprint density at radius 3 is 2.40 bits per heavy atom. The fourth-order valence-corrected chi connectivity index (χ4v) is 2.48. The van der Waals surface area contributed by atoms with Crippen LogP contribution in [-0.4, -0.2) is 23.0 Å². The fourth-order valence-electron chi connectivity index (χ4n) is 2.48. The van der Waals surface area contributed by atoms with Crippen LogP contribution in [0.3, 0.4) is 0 Å². The molecule has 0 saturated carbocycles. The summed E-state index contributed by atoms with van der Waals surface area (Å²) >= 11 is 0. The molecule has 0 aliphatic carbocycles. The first-order chi connectivity index (χ1) is 12.1. The molecule has 1 amide bonds. The number of hydrogen-bond acceptors (Lipinski definition) is 4. The maximum atomic E-state index is 12.2. The SMILES string of the molecule is COc1ccc(CC(=O)Nc2ccc(-c3ccnc(C)n3)cc2)cc1. The molecule has 0 aliphatic heterocycles. The summed E-state index contributed by atoms with van der Waals surface area (Å²) in [5.41, 5.74) is 3.54. The Labute approximate surface area is 146 Å². The molecule has 0 fully saturated rings. The number of aromatic nitrogens is 2. The molecule has 0 aliphatic rings. The van der Waals surface area contributed by atoms with Crippen molar-refractivity contribution in [1.29, 1.82) is 0 Å². The summed E-state index contributed by atoms with van der Waals surface area (Å²) in [4.78, 5) is 20.7. The van der Waals surface area contributed by atoms with Gasteiger partial charge in [-0.25, -0.2) is 9.97 Å². The summed E-state index contributed by atoms with van der Waals surface area (Å²) in [5.74, 6) is 1.45. The van der Waals surface area contributed by atoms with E-state index in [1.165, 1.54) is 0 Å². The molecule has 1 aromatic heterocycles. The van der Waals surface area contributed by atoms with E-state index in [9.17, 15) is 4.79 Å². The zero-order chi connectivity index (χ0) is 17.6. The third-order valence-electron chi connectivity index (χ3n) is 3.76. The molecule has 0 saturated heterocycles. The van der Waals surface area contributed by atoms with Crippen LogP contribution in [0, 0.1) is 6.92 Å². The third-order valence-corrected chi connectivity index (χ3v) is 3.76. The Morgan fingerprint density at radius 2 is 1.76 bits per heavy atom. The maximum absolute atomic E-state index is 12.2. The first-order valence-corrected chi connectivity index (χ1v) is 7.97. The Bertz CT molecular complexity index is 859. The van der Waals surface area contributed by atoms with Gasteiger partial charge < -0.3 is 10.1 Å². The minimum atomic E-state index is -0.0594. The van der Waals surface area contributed by atoms with Crippen molar-refractivity contribution in [2.45, 2.75) is 13.3 Å². The number of benzene rings is 2. The fraction of sp³-hybridized carbons (Fsp3) is 0.150. The number of carbonyl (C=O) groups is 1. The van der Waals surface area contributed by atoms with Gasteiger partial charge in [-0.1, -0.05) is 24.3 Å². The molecule has 1 N–H and O–H groups in total. The van der Waals surface area contributed by atoms with E-state index in [1.807, 2.05) is 61.5 Å². The number of ether oxygens (including phenoxy) is 1. The predicted octanol–water partition coefficient (Wildman–Crippen LogP) is 3.64. The number of aryl methyl sites for hydroxylation is 1. The number of methoxy groups -OCH3 is 1. The molecule has 25 heavy (non-hydrogen) atoms. The average molecular weight is 333 g/mol. The molecule has 0 bridgehead atoms. The minimum Gasteiger partial charge on any atom is -0.497 e. The zero-order valence-electron chi connectivity index (χ0n) is 14.2. The van der Waals surface area contributed by atoms with Gasteiger partial charge in [-0.2, -0.15) is 0 Å². The highest BCUT2D eigenvalue weighted by Crippen LogP contribution is 2.19. The largest absolute Gasteiger partial charge is 0.497 e. The summed E-state index contributed by atoms with van der Waals surface area (Å²) < 4.78 is 5.12. The van der Waals surface area contributed by atoms with Crippen molar-refractivity contribution in [2.24, 2.45) is 0 Å². The Balaban J connectivity index is 1.63. The lowest BCUT2D eigenvalue weighted by molar-refractivity contribution is -0.115. The number of nitrogens with zero attached hydrogens (tertiary/aromatic N) is 2. The van der Waals surface area contributed by atoms with Crippen molar-refractivity contribution >= 4 is 11.6 Å². The molecular weight excluding hydrogens is 314 g/mol. The van der Waals surface area contributed by atoms with Gasteiger partial charge in [0.25, 0.3) is 0 Å². The van der Waals surface area contributed by atoms with Gasteiger partial charge in [0, 0.05) is 17.4 Å². The molecule has 5 nitrogen and oxygen atoms in total. The van der Waals surface area contributed by atoms with Crippen LogP contribution in [0.15, 0.2) is 60.8 Å². The van der Waals surface area contributed by atoms with Crippen molar-refractivity contribution in [3.63, 3.8) is 0 Å². The number of hydrogen-bond donors (Lipinski definition) is 1. The quantitative estimate of drug-likeness (QED) is 0.774. The Kier molecular flexibility index (Phi) is 5.04. The molecule has 2 aromatic carbocycles. The standard InChI is InChI=1S/C20H19N3O2/c1-14-21-12-11-19(22-14)16-5-7-17(8-6-16)23-20(24)13-15-3-9-18(25-2)10-4-15/h3-12H,13H2,1-2H3,(H,23,24). The van der Waals surface area contributed by atoms with Crippen LogP contribution < -0.4 is 10.1 Å². The van der Waals surface area contributed by atoms with Crippen molar-refractivity contribution in [2.75, 3.05) is 12.4 Å². The minimum absolute atomic E-state index is 0.0594. The second-order valence-electron chi connectivity index (χ2n) is 5.64. The lowest BCUT2D eigenvalue weighted by Gasteiger charge is -2.07. The molecule has 126 valence electrons. The van der Waals surface area contributed by atoms with Gasteiger partial charge in [-0.05, 0) is 42.8 Å². The summed E-state index contributed by atoms with van der Waals surface area (Å²) in [6.45, 7) is 1.86. The van der Waals surface area contributed by atoms with E-state index in [-0.39, 0.29) is 5.91 Å². The second-order valence-corrected chi connectivity index (χ2v) is 5.64. The first kappa shape index (κ1) is 16.6. The van der Waals surface area contributed by atoms with E-state index in [2.05, 4.69) is 15.3 Å². The van der Waals surface area contributed by atoms with E-state index in [4.69, 9.17) is 4.74 Å². The summed E-state index contributed by atoms with van der Waals surface area (Å²) in [6, 6.07) is 17.0. The van der Waals surface area contributed by atoms with Crippen molar-refractivity contribution < 1.29 is 9.53 Å². The molecule has 3 aromatic rings. The Hall–Kier alpha value is -3.21. The van der Waals surface area contributed by atoms with Crippen LogP contribution in [-0.2, 0) is 11.2 Å². The van der Waals surface area contributed by atoms with Crippen LogP contribution >= 0.6 is 0 Å². The van der Waals surface area contributed by atoms with Crippen LogP contribution in [0.5, 0.6) is 5.75 Å². The number of carbonyl (C=O) groups excluding carboxylic acids is 1. The molecule has 0 atom stereocenters. The summed E-state index contributed by atoms with van der Waals surface area (Å²) in [6.07, 6.45) is 2.05. The molecule has 3 rings (SSSR count). The smallest absolute Gasteiger partial charge is 0.228 e. The monoisotopic (exact) mass is 333 g/mol. The molecule has 0 unspecified atom stereocenters. The zero-order valence-corrected chi connectivity index (χ0v) is 14.2. The van der Waals surface area contributed by atoms with E-state index in [1.54, 1.807) is 13.3 Å².